The molecule has 0 saturated carbocycles. The molecular weight excluding hydrogens is 332 g/mol. The van der Waals surface area contributed by atoms with Gasteiger partial charge in [0.15, 0.2) is 0 Å². The molecule has 1 spiro atoms. The lowest BCUT2D eigenvalue weighted by Crippen LogP contribution is -2.72. The van der Waals surface area contributed by atoms with Gasteiger partial charge in [-0.05, 0) is 30.8 Å². The van der Waals surface area contributed by atoms with Crippen molar-refractivity contribution in [3.63, 3.8) is 0 Å². The highest BCUT2D eigenvalue weighted by atomic mass is 16.5. The van der Waals surface area contributed by atoms with Crippen molar-refractivity contribution in [2.24, 2.45) is 0 Å². The van der Waals surface area contributed by atoms with Gasteiger partial charge in [-0.15, -0.1) is 0 Å². The van der Waals surface area contributed by atoms with Crippen molar-refractivity contribution in [1.82, 2.24) is 20.1 Å². The van der Waals surface area contributed by atoms with Crippen LogP contribution < -0.4 is 5.32 Å². The van der Waals surface area contributed by atoms with E-state index < -0.39 is 0 Å². The minimum absolute atomic E-state index is 0.0229. The number of nitrogens with zero attached hydrogens (tertiary/aromatic N) is 3. The number of hydrogen-bond donors (Lipinski definition) is 1. The lowest BCUT2D eigenvalue weighted by Gasteiger charge is -2.55. The van der Waals surface area contributed by atoms with Gasteiger partial charge in [-0.25, -0.2) is 0 Å². The van der Waals surface area contributed by atoms with Gasteiger partial charge >= 0.3 is 0 Å². The van der Waals surface area contributed by atoms with Crippen molar-refractivity contribution in [2.75, 3.05) is 33.3 Å². The highest BCUT2D eigenvalue weighted by Crippen LogP contribution is 2.31. The molecule has 26 heavy (non-hydrogen) atoms. The van der Waals surface area contributed by atoms with E-state index in [0.717, 1.165) is 31.9 Å². The molecular formula is C19H24N4O3. The van der Waals surface area contributed by atoms with Crippen LogP contribution in [0.15, 0.2) is 47.3 Å². The summed E-state index contributed by atoms with van der Waals surface area (Å²) < 4.78 is 11.4. The maximum atomic E-state index is 12.4. The van der Waals surface area contributed by atoms with Gasteiger partial charge in [0, 0.05) is 38.6 Å². The van der Waals surface area contributed by atoms with E-state index in [1.54, 1.807) is 12.5 Å². The fraction of sp³-hybridized carbons (Fsp3) is 0.474. The van der Waals surface area contributed by atoms with Gasteiger partial charge < -0.3 is 14.5 Å². The molecule has 0 aliphatic carbocycles. The Bertz CT molecular complexity index is 729. The number of carbonyl (C=O) groups excluding carboxylic acids is 1. The second-order valence-electron chi connectivity index (χ2n) is 7.23. The Kier molecular flexibility index (Phi) is 4.76. The third kappa shape index (κ3) is 3.65. The summed E-state index contributed by atoms with van der Waals surface area (Å²) in [4.78, 5) is 21.0. The Labute approximate surface area is 152 Å². The molecule has 4 rings (SSSR count). The number of likely N-dealkylation sites (N-methyl/N-ethyl adjacent to an activating group) is 1. The maximum Gasteiger partial charge on any atom is 0.240 e. The van der Waals surface area contributed by atoms with Crippen LogP contribution in [0.2, 0.25) is 0 Å². The van der Waals surface area contributed by atoms with Crippen LogP contribution in [-0.2, 0) is 22.6 Å². The van der Waals surface area contributed by atoms with Crippen LogP contribution in [-0.4, -0.2) is 65.6 Å². The van der Waals surface area contributed by atoms with E-state index in [0.29, 0.717) is 13.2 Å². The van der Waals surface area contributed by atoms with Crippen LogP contribution in [0.4, 0.5) is 0 Å². The Hall–Kier alpha value is -2.22. The van der Waals surface area contributed by atoms with E-state index in [9.17, 15) is 4.79 Å². The van der Waals surface area contributed by atoms with Gasteiger partial charge in [-0.2, -0.15) is 0 Å². The maximum absolute atomic E-state index is 12.4. The van der Waals surface area contributed by atoms with E-state index >= 15 is 0 Å². The molecule has 1 N–H and O–H groups in total. The minimum Gasteiger partial charge on any atom is -0.467 e. The molecule has 2 aliphatic heterocycles. The Balaban J connectivity index is 1.25. The average molecular weight is 356 g/mol. The van der Waals surface area contributed by atoms with Crippen molar-refractivity contribution in [1.29, 1.82) is 0 Å². The first-order chi connectivity index (χ1) is 12.6. The highest BCUT2D eigenvalue weighted by molar-refractivity contribution is 5.82. The van der Waals surface area contributed by atoms with Crippen molar-refractivity contribution >= 4 is 5.91 Å². The van der Waals surface area contributed by atoms with Gasteiger partial charge in [-0.1, -0.05) is 6.07 Å². The molecule has 0 radical (unpaired) electrons. The molecule has 4 heterocycles. The molecule has 2 saturated heterocycles. The summed E-state index contributed by atoms with van der Waals surface area (Å²) >= 11 is 0. The molecule has 7 heteroatoms. The van der Waals surface area contributed by atoms with Crippen molar-refractivity contribution < 1.29 is 13.9 Å². The first-order valence-electron chi connectivity index (χ1n) is 8.89. The molecule has 2 aromatic heterocycles. The predicted molar refractivity (Wildman–Crippen MR) is 95.2 cm³/mol. The summed E-state index contributed by atoms with van der Waals surface area (Å²) in [7, 11) is 1.99. The average Bonchev–Trinajstić information content (AvgIpc) is 3.13. The largest absolute Gasteiger partial charge is 0.467 e. The summed E-state index contributed by atoms with van der Waals surface area (Å²) in [6, 6.07) is 7.45. The molecule has 2 aromatic rings. The lowest BCUT2D eigenvalue weighted by molar-refractivity contribution is -0.198. The Morgan fingerprint density at radius 2 is 2.23 bits per heavy atom. The van der Waals surface area contributed by atoms with Crippen LogP contribution >= 0.6 is 0 Å². The van der Waals surface area contributed by atoms with E-state index in [1.165, 1.54) is 5.56 Å². The third-order valence-electron chi connectivity index (χ3n) is 5.09. The molecule has 138 valence electrons. The molecule has 0 bridgehead atoms. The first-order valence-corrected chi connectivity index (χ1v) is 8.89. The Morgan fingerprint density at radius 3 is 2.92 bits per heavy atom. The summed E-state index contributed by atoms with van der Waals surface area (Å²) in [6.07, 6.45) is 5.30. The topological polar surface area (TPSA) is 70.8 Å². The normalized spacial score (nSPS) is 22.9. The zero-order valence-corrected chi connectivity index (χ0v) is 14.9. The fourth-order valence-corrected chi connectivity index (χ4v) is 3.80. The molecule has 2 aliphatic rings. The lowest BCUT2D eigenvalue weighted by atomic mass is 9.90. The number of ether oxygens (including phenoxy) is 1. The molecule has 0 aromatic carbocycles. The van der Waals surface area contributed by atoms with Gasteiger partial charge in [-0.3, -0.25) is 19.6 Å². The van der Waals surface area contributed by atoms with E-state index in [4.69, 9.17) is 9.15 Å². The van der Waals surface area contributed by atoms with Gasteiger partial charge in [0.25, 0.3) is 0 Å². The highest BCUT2D eigenvalue weighted by Gasteiger charge is 2.49. The minimum atomic E-state index is -0.261. The van der Waals surface area contributed by atoms with Gasteiger partial charge in [0.2, 0.25) is 5.91 Å². The van der Waals surface area contributed by atoms with E-state index in [2.05, 4.69) is 26.2 Å². The zero-order chi connectivity index (χ0) is 18.0. The second kappa shape index (κ2) is 7.19. The number of nitrogens with one attached hydrogen (secondary N) is 1. The fourth-order valence-electron chi connectivity index (χ4n) is 3.80. The molecule has 1 atom stereocenters. The number of likely N-dealkylation sites (tertiary alicyclic amines) is 1. The summed E-state index contributed by atoms with van der Waals surface area (Å²) in [5.74, 6) is 0.726. The summed E-state index contributed by atoms with van der Waals surface area (Å²) in [5.41, 5.74) is 1.05. The quantitative estimate of drug-likeness (QED) is 0.858. The molecule has 7 nitrogen and oxygen atoms in total. The molecule has 1 unspecified atom stereocenters. The Morgan fingerprint density at radius 1 is 1.35 bits per heavy atom. The smallest absolute Gasteiger partial charge is 0.240 e. The third-order valence-corrected chi connectivity index (χ3v) is 5.09. The number of pyridine rings is 1. The SMILES string of the molecule is CN1CC2(CN(Cc3cccnc3)C2)OCC1C(=O)NCc1ccco1. The standard InChI is InChI=1S/C19H24N4O3/c1-22-12-19(13-23(14-19)10-15-4-2-6-20-8-15)26-11-17(22)18(24)21-9-16-5-3-7-25-16/h2-8,17H,9-14H2,1H3,(H,21,24). The predicted octanol–water partition coefficient (Wildman–Crippen LogP) is 0.876. The number of rotatable bonds is 5. The molecule has 1 amide bonds. The van der Waals surface area contributed by atoms with Crippen LogP contribution in [0, 0.1) is 0 Å². The second-order valence-corrected chi connectivity index (χ2v) is 7.23. The van der Waals surface area contributed by atoms with E-state index in [-0.39, 0.29) is 17.6 Å². The van der Waals surface area contributed by atoms with Gasteiger partial charge in [0.05, 0.1) is 19.4 Å². The first kappa shape index (κ1) is 17.2. The van der Waals surface area contributed by atoms with Crippen LogP contribution in [0.3, 0.4) is 0 Å². The van der Waals surface area contributed by atoms with Crippen molar-refractivity contribution in [3.05, 3.63) is 54.2 Å². The number of furan rings is 1. The number of morpholine rings is 1. The number of hydrogen-bond acceptors (Lipinski definition) is 6. The number of amides is 1. The van der Waals surface area contributed by atoms with Crippen LogP contribution in [0.25, 0.3) is 0 Å². The van der Waals surface area contributed by atoms with Crippen molar-refractivity contribution in [3.8, 4) is 0 Å². The number of aromatic nitrogens is 1. The number of carbonyl (C=O) groups is 1. The summed E-state index contributed by atoms with van der Waals surface area (Å²) in [5, 5.41) is 2.92. The van der Waals surface area contributed by atoms with E-state index in [1.807, 2.05) is 31.4 Å². The molecule has 2 fully saturated rings. The van der Waals surface area contributed by atoms with Crippen LogP contribution in [0.5, 0.6) is 0 Å². The summed E-state index contributed by atoms with van der Waals surface area (Å²) in [6.45, 7) is 4.23. The zero-order valence-electron chi connectivity index (χ0n) is 14.9. The van der Waals surface area contributed by atoms with Crippen LogP contribution in [0.1, 0.15) is 11.3 Å². The van der Waals surface area contributed by atoms with Gasteiger partial charge in [0.1, 0.15) is 17.4 Å². The monoisotopic (exact) mass is 356 g/mol. The van der Waals surface area contributed by atoms with Crippen molar-refractivity contribution in [2.45, 2.75) is 24.7 Å².